The Bertz CT molecular complexity index is 676. The zero-order valence-electron chi connectivity index (χ0n) is 13.2. The molecule has 2 N–H and O–H groups in total. The van der Waals surface area contributed by atoms with Crippen LogP contribution in [0.1, 0.15) is 28.8 Å². The Balaban J connectivity index is 1.99. The number of nitrogens with zero attached hydrogens (tertiary/aromatic N) is 1. The molecule has 1 aliphatic heterocycles. The normalized spacial score (nSPS) is 17.9. The highest BCUT2D eigenvalue weighted by Gasteiger charge is 2.35. The van der Waals surface area contributed by atoms with Gasteiger partial charge < -0.3 is 15.3 Å². The van der Waals surface area contributed by atoms with Gasteiger partial charge in [0.1, 0.15) is 0 Å². The number of alkyl halides is 3. The minimum Gasteiger partial charge on any atom is -0.481 e. The van der Waals surface area contributed by atoms with E-state index in [4.69, 9.17) is 5.11 Å². The maximum absolute atomic E-state index is 12.9. The van der Waals surface area contributed by atoms with Gasteiger partial charge in [-0.1, -0.05) is 12.1 Å². The highest BCUT2D eigenvalue weighted by molar-refractivity contribution is 5.97. The molecule has 0 aromatic heterocycles. The monoisotopic (exact) mass is 358 g/mol. The molecule has 1 heterocycles. The number of aliphatic carboxylic acids is 1. The van der Waals surface area contributed by atoms with Crippen molar-refractivity contribution in [2.45, 2.75) is 19.0 Å². The standard InChI is InChI=1S/C16H17F3N2O4/c17-16(18,19)12-6-2-1-5-11(12)14(23)20-8-13(22)21-7-3-4-10(9-21)15(24)25/h1-2,5-6,10H,3-4,7-9H2,(H,20,23)(H,24,25). The number of rotatable bonds is 4. The van der Waals surface area contributed by atoms with E-state index in [-0.39, 0.29) is 6.54 Å². The first-order valence-corrected chi connectivity index (χ1v) is 7.65. The van der Waals surface area contributed by atoms with Crippen molar-refractivity contribution in [2.75, 3.05) is 19.6 Å². The number of likely N-dealkylation sites (tertiary alicyclic amines) is 1. The maximum atomic E-state index is 12.9. The first-order chi connectivity index (χ1) is 11.7. The van der Waals surface area contributed by atoms with Crippen molar-refractivity contribution in [3.8, 4) is 0 Å². The van der Waals surface area contributed by atoms with E-state index in [0.29, 0.717) is 19.4 Å². The molecule has 0 aliphatic carbocycles. The Morgan fingerprint density at radius 2 is 1.92 bits per heavy atom. The summed E-state index contributed by atoms with van der Waals surface area (Å²) in [7, 11) is 0. The minimum absolute atomic E-state index is 0.0309. The number of hydrogen-bond donors (Lipinski definition) is 2. The largest absolute Gasteiger partial charge is 0.481 e. The second-order valence-corrected chi connectivity index (χ2v) is 5.74. The fraction of sp³-hybridized carbons (Fsp3) is 0.438. The molecule has 1 atom stereocenters. The van der Waals surface area contributed by atoms with Gasteiger partial charge in [0.25, 0.3) is 5.91 Å². The second-order valence-electron chi connectivity index (χ2n) is 5.74. The number of nitrogens with one attached hydrogen (secondary N) is 1. The second kappa shape index (κ2) is 7.54. The van der Waals surface area contributed by atoms with Gasteiger partial charge in [-0.05, 0) is 25.0 Å². The Morgan fingerprint density at radius 3 is 2.56 bits per heavy atom. The number of piperidine rings is 1. The van der Waals surface area contributed by atoms with Crippen LogP contribution in [0.4, 0.5) is 13.2 Å². The smallest absolute Gasteiger partial charge is 0.417 e. The van der Waals surface area contributed by atoms with Gasteiger partial charge in [-0.15, -0.1) is 0 Å². The van der Waals surface area contributed by atoms with Gasteiger partial charge >= 0.3 is 12.1 Å². The Labute approximate surface area is 141 Å². The molecule has 25 heavy (non-hydrogen) atoms. The number of halogens is 3. The summed E-state index contributed by atoms with van der Waals surface area (Å²) in [5.74, 6) is -3.20. The first-order valence-electron chi connectivity index (χ1n) is 7.65. The predicted octanol–water partition coefficient (Wildman–Crippen LogP) is 1.76. The summed E-state index contributed by atoms with van der Waals surface area (Å²) in [6.07, 6.45) is -3.70. The number of amides is 2. The van der Waals surface area contributed by atoms with E-state index in [2.05, 4.69) is 5.32 Å². The number of carboxylic acids is 1. The van der Waals surface area contributed by atoms with Crippen LogP contribution in [-0.4, -0.2) is 47.4 Å². The fourth-order valence-electron chi connectivity index (χ4n) is 2.70. The van der Waals surface area contributed by atoms with Gasteiger partial charge in [-0.25, -0.2) is 0 Å². The summed E-state index contributed by atoms with van der Waals surface area (Å²) in [5, 5.41) is 11.2. The molecule has 0 saturated carbocycles. The van der Waals surface area contributed by atoms with Crippen molar-refractivity contribution < 1.29 is 32.7 Å². The van der Waals surface area contributed by atoms with Crippen LogP contribution in [0, 0.1) is 5.92 Å². The van der Waals surface area contributed by atoms with E-state index in [1.54, 1.807) is 0 Å². The van der Waals surface area contributed by atoms with Crippen LogP contribution in [0.3, 0.4) is 0 Å². The summed E-state index contributed by atoms with van der Waals surface area (Å²) >= 11 is 0. The van der Waals surface area contributed by atoms with E-state index in [9.17, 15) is 27.6 Å². The third-order valence-corrected chi connectivity index (χ3v) is 4.00. The molecule has 136 valence electrons. The average Bonchev–Trinajstić information content (AvgIpc) is 2.58. The zero-order valence-corrected chi connectivity index (χ0v) is 13.2. The van der Waals surface area contributed by atoms with E-state index in [0.717, 1.165) is 12.1 Å². The highest BCUT2D eigenvalue weighted by Crippen LogP contribution is 2.31. The number of carboxylic acid groups (broad SMARTS) is 1. The van der Waals surface area contributed by atoms with E-state index >= 15 is 0 Å². The van der Waals surface area contributed by atoms with Gasteiger partial charge in [-0.3, -0.25) is 14.4 Å². The lowest BCUT2D eigenvalue weighted by molar-refractivity contribution is -0.145. The lowest BCUT2D eigenvalue weighted by Crippen LogP contribution is -2.46. The van der Waals surface area contributed by atoms with E-state index < -0.39 is 47.5 Å². The molecule has 2 amide bonds. The SMILES string of the molecule is O=C(NCC(=O)N1CCCC(C(=O)O)C1)c1ccccc1C(F)(F)F. The lowest BCUT2D eigenvalue weighted by Gasteiger charge is -2.30. The summed E-state index contributed by atoms with van der Waals surface area (Å²) in [4.78, 5) is 36.4. The van der Waals surface area contributed by atoms with Gasteiger partial charge in [0, 0.05) is 13.1 Å². The number of benzene rings is 1. The third kappa shape index (κ3) is 4.71. The molecular formula is C16H17F3N2O4. The maximum Gasteiger partial charge on any atom is 0.417 e. The molecule has 1 aromatic carbocycles. The topological polar surface area (TPSA) is 86.7 Å². The number of hydrogen-bond acceptors (Lipinski definition) is 3. The van der Waals surface area contributed by atoms with Gasteiger partial charge in [-0.2, -0.15) is 13.2 Å². The summed E-state index contributed by atoms with van der Waals surface area (Å²) < 4.78 is 38.7. The van der Waals surface area contributed by atoms with Crippen LogP contribution in [0.15, 0.2) is 24.3 Å². The van der Waals surface area contributed by atoms with Crippen LogP contribution in [0.5, 0.6) is 0 Å². The Morgan fingerprint density at radius 1 is 1.24 bits per heavy atom. The van der Waals surface area contributed by atoms with Crippen molar-refractivity contribution in [1.82, 2.24) is 10.2 Å². The zero-order chi connectivity index (χ0) is 18.6. The molecule has 1 saturated heterocycles. The molecule has 0 radical (unpaired) electrons. The summed E-state index contributed by atoms with van der Waals surface area (Å²) in [6, 6.07) is 4.29. The quantitative estimate of drug-likeness (QED) is 0.859. The first kappa shape index (κ1) is 18.8. The molecule has 1 aliphatic rings. The molecule has 1 fully saturated rings. The Hall–Kier alpha value is -2.58. The summed E-state index contributed by atoms with van der Waals surface area (Å²) in [5.41, 5.74) is -1.64. The highest BCUT2D eigenvalue weighted by atomic mass is 19.4. The van der Waals surface area contributed by atoms with Crippen LogP contribution in [0.25, 0.3) is 0 Å². The molecule has 9 heteroatoms. The van der Waals surface area contributed by atoms with Crippen LogP contribution in [-0.2, 0) is 15.8 Å². The van der Waals surface area contributed by atoms with Crippen molar-refractivity contribution in [2.24, 2.45) is 5.92 Å². The van der Waals surface area contributed by atoms with Crippen molar-refractivity contribution in [3.05, 3.63) is 35.4 Å². The van der Waals surface area contributed by atoms with Crippen molar-refractivity contribution in [1.29, 1.82) is 0 Å². The molecule has 1 unspecified atom stereocenters. The van der Waals surface area contributed by atoms with Crippen LogP contribution >= 0.6 is 0 Å². The van der Waals surface area contributed by atoms with Crippen molar-refractivity contribution in [3.63, 3.8) is 0 Å². The molecule has 0 bridgehead atoms. The predicted molar refractivity (Wildman–Crippen MR) is 80.7 cm³/mol. The van der Waals surface area contributed by atoms with Gasteiger partial charge in [0.05, 0.1) is 23.6 Å². The lowest BCUT2D eigenvalue weighted by atomic mass is 9.98. The van der Waals surface area contributed by atoms with E-state index in [1.807, 2.05) is 0 Å². The molecular weight excluding hydrogens is 341 g/mol. The number of carbonyl (C=O) groups excluding carboxylic acids is 2. The van der Waals surface area contributed by atoms with Crippen LogP contribution < -0.4 is 5.32 Å². The average molecular weight is 358 g/mol. The molecule has 1 aromatic rings. The van der Waals surface area contributed by atoms with Gasteiger partial charge in [0.2, 0.25) is 5.91 Å². The van der Waals surface area contributed by atoms with E-state index in [1.165, 1.54) is 17.0 Å². The van der Waals surface area contributed by atoms with Crippen molar-refractivity contribution >= 4 is 17.8 Å². The third-order valence-electron chi connectivity index (χ3n) is 4.00. The fourth-order valence-corrected chi connectivity index (χ4v) is 2.70. The Kier molecular flexibility index (Phi) is 5.66. The van der Waals surface area contributed by atoms with Crippen LogP contribution in [0.2, 0.25) is 0 Å². The van der Waals surface area contributed by atoms with Gasteiger partial charge in [0.15, 0.2) is 0 Å². The summed E-state index contributed by atoms with van der Waals surface area (Å²) in [6.45, 7) is -0.0990. The molecule has 0 spiro atoms. The molecule has 2 rings (SSSR count). The molecule has 6 nitrogen and oxygen atoms in total. The minimum atomic E-state index is -4.68. The number of carbonyl (C=O) groups is 3.